The van der Waals surface area contributed by atoms with Gasteiger partial charge in [-0.2, -0.15) is 4.99 Å². The van der Waals surface area contributed by atoms with Crippen LogP contribution in [0.25, 0.3) is 6.08 Å². The van der Waals surface area contributed by atoms with Crippen LogP contribution in [-0.2, 0) is 9.57 Å². The largest absolute Gasteiger partial charge is 0.426 e. The highest BCUT2D eigenvalue weighted by atomic mass is 16.7. The summed E-state index contributed by atoms with van der Waals surface area (Å²) in [5, 5.41) is 1.62. The second kappa shape index (κ2) is 11.6. The van der Waals surface area contributed by atoms with Gasteiger partial charge in [0.1, 0.15) is 18.7 Å². The third kappa shape index (κ3) is 5.66. The summed E-state index contributed by atoms with van der Waals surface area (Å²) in [4.78, 5) is 24.0. The van der Waals surface area contributed by atoms with Gasteiger partial charge in [-0.25, -0.2) is 5.06 Å². The monoisotopic (exact) mass is 503 g/mol. The van der Waals surface area contributed by atoms with Gasteiger partial charge in [-0.1, -0.05) is 60.7 Å². The van der Waals surface area contributed by atoms with Crippen molar-refractivity contribution < 1.29 is 14.4 Å². The van der Waals surface area contributed by atoms with Crippen molar-refractivity contribution in [2.75, 3.05) is 18.1 Å². The predicted octanol–water partition coefficient (Wildman–Crippen LogP) is 7.59. The number of hydrogen-bond donors (Lipinski definition) is 0. The molecule has 4 aromatic carbocycles. The van der Waals surface area contributed by atoms with Crippen LogP contribution in [0.3, 0.4) is 0 Å². The molecule has 0 amide bonds. The minimum Gasteiger partial charge on any atom is -0.426 e. The number of anilines is 3. The Morgan fingerprint density at radius 2 is 1.45 bits per heavy atom. The van der Waals surface area contributed by atoms with Gasteiger partial charge in [0, 0.05) is 29.2 Å². The average Bonchev–Trinajstić information content (AvgIpc) is 2.97. The van der Waals surface area contributed by atoms with E-state index in [0.29, 0.717) is 36.2 Å². The molecule has 190 valence electrons. The fraction of sp³-hybridized carbons (Fsp3) is 0.125. The molecule has 1 aliphatic heterocycles. The van der Waals surface area contributed by atoms with E-state index in [1.807, 2.05) is 62.4 Å². The van der Waals surface area contributed by atoms with Gasteiger partial charge in [-0.05, 0) is 73.5 Å². The fourth-order valence-corrected chi connectivity index (χ4v) is 4.20. The smallest absolute Gasteiger partial charge is 0.322 e. The summed E-state index contributed by atoms with van der Waals surface area (Å²) in [6.07, 6.45) is 2.76. The molecule has 6 heteroatoms. The molecule has 1 fully saturated rings. The van der Waals surface area contributed by atoms with Gasteiger partial charge in [0.05, 0.1) is 5.69 Å². The maximum atomic E-state index is 11.2. The van der Waals surface area contributed by atoms with Gasteiger partial charge >= 0.3 is 6.02 Å². The minimum absolute atomic E-state index is 0.294. The third-order valence-electron chi connectivity index (χ3n) is 6.18. The van der Waals surface area contributed by atoms with Crippen LogP contribution in [0, 0.1) is 6.92 Å². The van der Waals surface area contributed by atoms with Crippen molar-refractivity contribution in [3.63, 3.8) is 0 Å². The van der Waals surface area contributed by atoms with E-state index in [9.17, 15) is 4.79 Å². The number of hydroxylamine groups is 2. The van der Waals surface area contributed by atoms with E-state index in [1.165, 1.54) is 0 Å². The van der Waals surface area contributed by atoms with E-state index in [4.69, 9.17) is 9.57 Å². The van der Waals surface area contributed by atoms with Crippen LogP contribution in [0.4, 0.5) is 22.7 Å². The Hall–Kier alpha value is -4.68. The number of aliphatic imine (C=N–C) groups is 1. The number of rotatable bonds is 7. The van der Waals surface area contributed by atoms with Crippen molar-refractivity contribution in [3.8, 4) is 0 Å². The molecule has 1 saturated heterocycles. The minimum atomic E-state index is 0.294. The summed E-state index contributed by atoms with van der Waals surface area (Å²) >= 11 is 0. The molecule has 4 aromatic rings. The number of nitrogens with zero attached hydrogens (tertiary/aromatic N) is 3. The second-order valence-electron chi connectivity index (χ2n) is 8.84. The summed E-state index contributed by atoms with van der Waals surface area (Å²) in [6, 6.07) is 34.6. The Bertz CT molecular complexity index is 1410. The lowest BCUT2D eigenvalue weighted by Crippen LogP contribution is -2.38. The fourth-order valence-electron chi connectivity index (χ4n) is 4.20. The third-order valence-corrected chi connectivity index (χ3v) is 6.18. The van der Waals surface area contributed by atoms with E-state index >= 15 is 0 Å². The number of ether oxygens (including phenoxy) is 1. The molecule has 5 rings (SSSR count). The molecule has 0 N–H and O–H groups in total. The highest BCUT2D eigenvalue weighted by Gasteiger charge is 2.22. The molecule has 0 spiro atoms. The SMILES string of the molecule is CCN1OC/C(=C\c2ccc(N(c3ccccc3)c3ccccc3)cc2)O/C1=N/c1cc(C=O)ccc1C. The maximum Gasteiger partial charge on any atom is 0.322 e. The number of amidine groups is 1. The summed E-state index contributed by atoms with van der Waals surface area (Å²) in [7, 11) is 0. The van der Waals surface area contributed by atoms with Crippen molar-refractivity contribution in [2.24, 2.45) is 4.99 Å². The highest BCUT2D eigenvalue weighted by Crippen LogP contribution is 2.34. The van der Waals surface area contributed by atoms with E-state index in [0.717, 1.165) is 34.5 Å². The van der Waals surface area contributed by atoms with Crippen LogP contribution in [-0.4, -0.2) is 30.5 Å². The number of benzene rings is 4. The van der Waals surface area contributed by atoms with Crippen molar-refractivity contribution in [2.45, 2.75) is 13.8 Å². The van der Waals surface area contributed by atoms with Crippen molar-refractivity contribution in [1.82, 2.24) is 5.06 Å². The van der Waals surface area contributed by atoms with E-state index in [2.05, 4.69) is 58.4 Å². The van der Waals surface area contributed by atoms with Crippen LogP contribution in [0.2, 0.25) is 0 Å². The Morgan fingerprint density at radius 3 is 2.05 bits per heavy atom. The van der Waals surface area contributed by atoms with Gasteiger partial charge in [-0.15, -0.1) is 0 Å². The summed E-state index contributed by atoms with van der Waals surface area (Å²) < 4.78 is 6.16. The van der Waals surface area contributed by atoms with Gasteiger partial charge in [-0.3, -0.25) is 9.63 Å². The standard InChI is InChI=1S/C32H29N3O3/c1-3-34-32(33-31-21-26(22-36)15-14-24(31)2)38-30(23-37-34)20-25-16-18-29(19-17-25)35(27-10-6-4-7-11-27)28-12-8-5-9-13-28/h4-22H,3,23H2,1-2H3/b30-20+,33-32+. The zero-order valence-corrected chi connectivity index (χ0v) is 21.5. The van der Waals surface area contributed by atoms with Gasteiger partial charge in [0.25, 0.3) is 0 Å². The zero-order valence-electron chi connectivity index (χ0n) is 21.5. The zero-order chi connectivity index (χ0) is 26.3. The van der Waals surface area contributed by atoms with Crippen LogP contribution < -0.4 is 4.90 Å². The van der Waals surface area contributed by atoms with E-state index < -0.39 is 0 Å². The lowest BCUT2D eigenvalue weighted by molar-refractivity contribution is -0.130. The van der Waals surface area contributed by atoms with Gasteiger partial charge < -0.3 is 9.64 Å². The summed E-state index contributed by atoms with van der Waals surface area (Å²) in [5.74, 6) is 0.647. The first-order valence-electron chi connectivity index (χ1n) is 12.6. The molecule has 0 aromatic heterocycles. The molecule has 1 heterocycles. The maximum absolute atomic E-state index is 11.2. The first kappa shape index (κ1) is 25.0. The Balaban J connectivity index is 1.41. The predicted molar refractivity (Wildman–Crippen MR) is 152 cm³/mol. The Kier molecular flexibility index (Phi) is 7.62. The normalized spacial score (nSPS) is 15.4. The first-order chi connectivity index (χ1) is 18.6. The molecular formula is C32H29N3O3. The van der Waals surface area contributed by atoms with Crippen LogP contribution in [0.1, 0.15) is 28.4 Å². The molecule has 0 bridgehead atoms. The van der Waals surface area contributed by atoms with Crippen molar-refractivity contribution in [1.29, 1.82) is 0 Å². The number of aldehydes is 1. The molecule has 0 aliphatic carbocycles. The molecular weight excluding hydrogens is 474 g/mol. The first-order valence-corrected chi connectivity index (χ1v) is 12.6. The van der Waals surface area contributed by atoms with Crippen molar-refractivity contribution in [3.05, 3.63) is 126 Å². The molecule has 38 heavy (non-hydrogen) atoms. The molecule has 0 saturated carbocycles. The molecule has 0 unspecified atom stereocenters. The Morgan fingerprint density at radius 1 is 0.842 bits per heavy atom. The molecule has 0 radical (unpaired) electrons. The average molecular weight is 504 g/mol. The quantitative estimate of drug-likeness (QED) is 0.243. The second-order valence-corrected chi connectivity index (χ2v) is 8.84. The highest BCUT2D eigenvalue weighted by molar-refractivity contribution is 5.82. The lowest BCUT2D eigenvalue weighted by atomic mass is 10.1. The Labute approximate surface area is 223 Å². The number of carbonyl (C=O) groups is 1. The van der Waals surface area contributed by atoms with E-state index in [1.54, 1.807) is 17.2 Å². The summed E-state index contributed by atoms with van der Waals surface area (Å²) in [6.45, 7) is 4.77. The number of para-hydroxylation sites is 2. The molecule has 1 aliphatic rings. The number of hydrogen-bond acceptors (Lipinski definition) is 5. The van der Waals surface area contributed by atoms with Crippen LogP contribution >= 0.6 is 0 Å². The topological polar surface area (TPSA) is 54.4 Å². The number of carbonyl (C=O) groups excluding carboxylic acids is 1. The summed E-state index contributed by atoms with van der Waals surface area (Å²) in [5.41, 5.74) is 6.37. The lowest BCUT2D eigenvalue weighted by Gasteiger charge is -2.29. The number of aryl methyl sites for hydroxylation is 1. The van der Waals surface area contributed by atoms with E-state index in [-0.39, 0.29) is 0 Å². The van der Waals surface area contributed by atoms with Crippen LogP contribution in [0.5, 0.6) is 0 Å². The molecule has 6 nitrogen and oxygen atoms in total. The van der Waals surface area contributed by atoms with Gasteiger partial charge in [0.2, 0.25) is 0 Å². The molecule has 0 atom stereocenters. The van der Waals surface area contributed by atoms with Crippen molar-refractivity contribution >= 4 is 41.1 Å². The van der Waals surface area contributed by atoms with Gasteiger partial charge in [0.15, 0.2) is 0 Å². The van der Waals surface area contributed by atoms with Crippen LogP contribution in [0.15, 0.2) is 114 Å².